The molecule has 0 aliphatic carbocycles. The summed E-state index contributed by atoms with van der Waals surface area (Å²) in [5.41, 5.74) is 1.15. The monoisotopic (exact) mass is 304 g/mol. The first kappa shape index (κ1) is 15.3. The summed E-state index contributed by atoms with van der Waals surface area (Å²) in [5.74, 6) is -0.730. The molecule has 0 unspecified atom stereocenters. The van der Waals surface area contributed by atoms with Crippen molar-refractivity contribution in [2.24, 2.45) is 0 Å². The molecule has 0 saturated heterocycles. The number of fused-ring (bicyclic) bond motifs is 1. The zero-order valence-corrected chi connectivity index (χ0v) is 12.4. The molecule has 0 aliphatic heterocycles. The number of aromatic nitrogens is 1. The van der Waals surface area contributed by atoms with Crippen LogP contribution in [0.1, 0.15) is 16.8 Å². The molecule has 2 rings (SSSR count). The maximum atomic E-state index is 12.3. The van der Waals surface area contributed by atoms with Crippen LogP contribution in [0, 0.1) is 0 Å². The standard InChI is InChI=1S/C15H16N2O3S/c1-21-9-7-13(15(19)20)17-14(18)11-4-2-6-12-10(11)5-3-8-16-12/h2-6,8,13H,7,9H2,1H3,(H,17,18)(H,19,20)/t13-/m0/s1. The summed E-state index contributed by atoms with van der Waals surface area (Å²) in [6, 6.07) is 7.90. The first-order valence-electron chi connectivity index (χ1n) is 6.50. The number of carboxylic acids is 1. The zero-order chi connectivity index (χ0) is 15.2. The molecule has 0 radical (unpaired) electrons. The van der Waals surface area contributed by atoms with Crippen LogP contribution in [0.15, 0.2) is 36.5 Å². The molecule has 6 heteroatoms. The third-order valence-corrected chi connectivity index (χ3v) is 3.75. The fraction of sp³-hybridized carbons (Fsp3) is 0.267. The smallest absolute Gasteiger partial charge is 0.326 e. The Bertz CT molecular complexity index is 655. The molecular weight excluding hydrogens is 288 g/mol. The van der Waals surface area contributed by atoms with Crippen molar-refractivity contribution in [2.75, 3.05) is 12.0 Å². The normalized spacial score (nSPS) is 12.0. The number of carboxylic acid groups (broad SMARTS) is 1. The maximum Gasteiger partial charge on any atom is 0.326 e. The molecule has 1 aromatic carbocycles. The molecule has 0 spiro atoms. The lowest BCUT2D eigenvalue weighted by Crippen LogP contribution is -2.41. The molecule has 1 aromatic heterocycles. The van der Waals surface area contributed by atoms with Gasteiger partial charge in [-0.05, 0) is 36.6 Å². The van der Waals surface area contributed by atoms with Crippen LogP contribution in [0.3, 0.4) is 0 Å². The lowest BCUT2D eigenvalue weighted by atomic mass is 10.1. The Hall–Kier alpha value is -2.08. The lowest BCUT2D eigenvalue weighted by Gasteiger charge is -2.14. The van der Waals surface area contributed by atoms with Gasteiger partial charge in [-0.25, -0.2) is 4.79 Å². The van der Waals surface area contributed by atoms with Crippen LogP contribution in [0.25, 0.3) is 10.9 Å². The molecule has 2 aromatic rings. The quantitative estimate of drug-likeness (QED) is 0.855. The molecule has 0 bridgehead atoms. The van der Waals surface area contributed by atoms with Crippen molar-refractivity contribution in [3.8, 4) is 0 Å². The van der Waals surface area contributed by atoms with Gasteiger partial charge in [0.15, 0.2) is 0 Å². The van der Waals surface area contributed by atoms with Gasteiger partial charge in [-0.2, -0.15) is 11.8 Å². The van der Waals surface area contributed by atoms with E-state index in [0.29, 0.717) is 28.6 Å². The summed E-state index contributed by atoms with van der Waals surface area (Å²) in [4.78, 5) is 27.7. The number of carbonyl (C=O) groups excluding carboxylic acids is 1. The molecule has 5 nitrogen and oxygen atoms in total. The summed E-state index contributed by atoms with van der Waals surface area (Å²) in [7, 11) is 0. The molecule has 1 heterocycles. The number of thioether (sulfide) groups is 1. The van der Waals surface area contributed by atoms with Crippen molar-refractivity contribution in [1.82, 2.24) is 10.3 Å². The number of rotatable bonds is 6. The predicted molar refractivity (Wildman–Crippen MR) is 83.6 cm³/mol. The second-order valence-electron chi connectivity index (χ2n) is 4.52. The summed E-state index contributed by atoms with van der Waals surface area (Å²) >= 11 is 1.55. The van der Waals surface area contributed by atoms with E-state index in [0.717, 1.165) is 0 Å². The van der Waals surface area contributed by atoms with Gasteiger partial charge in [0.25, 0.3) is 5.91 Å². The summed E-state index contributed by atoms with van der Waals surface area (Å²) in [6.45, 7) is 0. The molecule has 1 atom stereocenters. The Kier molecular flexibility index (Phi) is 5.16. The number of hydrogen-bond donors (Lipinski definition) is 2. The number of nitrogens with one attached hydrogen (secondary N) is 1. The highest BCUT2D eigenvalue weighted by molar-refractivity contribution is 7.98. The van der Waals surface area contributed by atoms with Crippen molar-refractivity contribution >= 4 is 34.5 Å². The van der Waals surface area contributed by atoms with E-state index in [-0.39, 0.29) is 5.91 Å². The van der Waals surface area contributed by atoms with Gasteiger partial charge in [0.05, 0.1) is 5.52 Å². The average Bonchev–Trinajstić information content (AvgIpc) is 2.50. The van der Waals surface area contributed by atoms with Gasteiger partial charge in [-0.15, -0.1) is 0 Å². The minimum Gasteiger partial charge on any atom is -0.480 e. The largest absolute Gasteiger partial charge is 0.480 e. The lowest BCUT2D eigenvalue weighted by molar-refractivity contribution is -0.139. The fourth-order valence-corrected chi connectivity index (χ4v) is 2.50. The first-order chi connectivity index (χ1) is 10.1. The minimum atomic E-state index is -1.02. The Morgan fingerprint density at radius 3 is 2.86 bits per heavy atom. The third kappa shape index (κ3) is 3.72. The number of amides is 1. The first-order valence-corrected chi connectivity index (χ1v) is 7.89. The van der Waals surface area contributed by atoms with Crippen LogP contribution >= 0.6 is 11.8 Å². The van der Waals surface area contributed by atoms with Gasteiger partial charge in [0.2, 0.25) is 0 Å². The summed E-state index contributed by atoms with van der Waals surface area (Å²) < 4.78 is 0. The van der Waals surface area contributed by atoms with Crippen LogP contribution in [0.5, 0.6) is 0 Å². The fourth-order valence-electron chi connectivity index (χ4n) is 2.03. The van der Waals surface area contributed by atoms with Crippen LogP contribution in [0.4, 0.5) is 0 Å². The van der Waals surface area contributed by atoms with E-state index in [1.165, 1.54) is 0 Å². The molecule has 110 valence electrons. The van der Waals surface area contributed by atoms with E-state index in [1.807, 2.05) is 12.3 Å². The highest BCUT2D eigenvalue weighted by atomic mass is 32.2. The van der Waals surface area contributed by atoms with E-state index in [1.54, 1.807) is 42.2 Å². The highest BCUT2D eigenvalue weighted by Crippen LogP contribution is 2.16. The van der Waals surface area contributed by atoms with Crippen molar-refractivity contribution in [2.45, 2.75) is 12.5 Å². The van der Waals surface area contributed by atoms with Gasteiger partial charge in [-0.1, -0.05) is 12.1 Å². The summed E-state index contributed by atoms with van der Waals surface area (Å²) in [5, 5.41) is 12.5. The maximum absolute atomic E-state index is 12.3. The van der Waals surface area contributed by atoms with Gasteiger partial charge < -0.3 is 10.4 Å². The van der Waals surface area contributed by atoms with Crippen molar-refractivity contribution in [3.63, 3.8) is 0 Å². The third-order valence-electron chi connectivity index (χ3n) is 3.10. The number of benzene rings is 1. The van der Waals surface area contributed by atoms with Crippen LogP contribution < -0.4 is 5.32 Å². The Balaban J connectivity index is 2.23. The number of aliphatic carboxylic acids is 1. The molecule has 0 fully saturated rings. The molecular formula is C15H16N2O3S. The van der Waals surface area contributed by atoms with E-state index in [9.17, 15) is 14.7 Å². The molecule has 1 amide bonds. The molecule has 21 heavy (non-hydrogen) atoms. The highest BCUT2D eigenvalue weighted by Gasteiger charge is 2.21. The minimum absolute atomic E-state index is 0.387. The van der Waals surface area contributed by atoms with Gasteiger partial charge in [-0.3, -0.25) is 9.78 Å². The van der Waals surface area contributed by atoms with Gasteiger partial charge in [0.1, 0.15) is 6.04 Å². The molecule has 2 N–H and O–H groups in total. The summed E-state index contributed by atoms with van der Waals surface area (Å²) in [6.07, 6.45) is 3.95. The van der Waals surface area contributed by atoms with Crippen molar-refractivity contribution in [3.05, 3.63) is 42.1 Å². The number of nitrogens with zero attached hydrogens (tertiary/aromatic N) is 1. The number of carbonyl (C=O) groups is 2. The van der Waals surface area contributed by atoms with Crippen LogP contribution in [-0.2, 0) is 4.79 Å². The van der Waals surface area contributed by atoms with Crippen LogP contribution in [0.2, 0.25) is 0 Å². The number of hydrogen-bond acceptors (Lipinski definition) is 4. The van der Waals surface area contributed by atoms with Crippen molar-refractivity contribution in [1.29, 1.82) is 0 Å². The van der Waals surface area contributed by atoms with E-state index >= 15 is 0 Å². The Labute approximate surface area is 126 Å². The Morgan fingerprint density at radius 1 is 1.33 bits per heavy atom. The van der Waals surface area contributed by atoms with Crippen molar-refractivity contribution < 1.29 is 14.7 Å². The topological polar surface area (TPSA) is 79.3 Å². The van der Waals surface area contributed by atoms with Gasteiger partial charge >= 0.3 is 5.97 Å². The Morgan fingerprint density at radius 2 is 2.14 bits per heavy atom. The number of pyridine rings is 1. The van der Waals surface area contributed by atoms with Gasteiger partial charge in [0, 0.05) is 17.1 Å². The van der Waals surface area contributed by atoms with E-state index in [4.69, 9.17) is 0 Å². The van der Waals surface area contributed by atoms with E-state index < -0.39 is 12.0 Å². The van der Waals surface area contributed by atoms with E-state index in [2.05, 4.69) is 10.3 Å². The molecule has 0 saturated carbocycles. The zero-order valence-electron chi connectivity index (χ0n) is 11.6. The SMILES string of the molecule is CSCC[C@H](NC(=O)c1cccc2ncccc12)C(=O)O. The second kappa shape index (κ2) is 7.08. The average molecular weight is 304 g/mol. The second-order valence-corrected chi connectivity index (χ2v) is 5.51. The van der Waals surface area contributed by atoms with Crippen LogP contribution in [-0.4, -0.2) is 40.0 Å². The molecule has 0 aliphatic rings. The predicted octanol–water partition coefficient (Wildman–Crippen LogP) is 2.17.